The fraction of sp³-hybridized carbons (Fsp3) is 0.615. The van der Waals surface area contributed by atoms with E-state index in [4.69, 9.17) is 0 Å². The first-order valence-corrected chi connectivity index (χ1v) is 6.27. The van der Waals surface area contributed by atoms with Gasteiger partial charge in [-0.05, 0) is 24.5 Å². The molecule has 0 unspecified atom stereocenters. The van der Waals surface area contributed by atoms with E-state index in [1.807, 2.05) is 18.5 Å². The molecular formula is C13H19N3. The van der Waals surface area contributed by atoms with Gasteiger partial charge in [-0.25, -0.2) is 0 Å². The van der Waals surface area contributed by atoms with Gasteiger partial charge in [0, 0.05) is 51.2 Å². The summed E-state index contributed by atoms with van der Waals surface area (Å²) in [5, 5.41) is 0. The molecule has 0 spiro atoms. The molecule has 2 fully saturated rings. The van der Waals surface area contributed by atoms with Crippen LogP contribution in [-0.4, -0.2) is 47.0 Å². The fourth-order valence-electron chi connectivity index (χ4n) is 2.48. The van der Waals surface area contributed by atoms with E-state index in [2.05, 4.69) is 20.9 Å². The lowest BCUT2D eigenvalue weighted by molar-refractivity contribution is 0.121. The number of nitrogens with zero attached hydrogens (tertiary/aromatic N) is 3. The van der Waals surface area contributed by atoms with Crippen LogP contribution in [0.5, 0.6) is 0 Å². The molecule has 1 saturated carbocycles. The van der Waals surface area contributed by atoms with Crippen LogP contribution in [0.3, 0.4) is 0 Å². The minimum atomic E-state index is 0.931. The highest BCUT2D eigenvalue weighted by atomic mass is 15.3. The Labute approximate surface area is 97.1 Å². The second-order valence-corrected chi connectivity index (χ2v) is 4.90. The van der Waals surface area contributed by atoms with Crippen molar-refractivity contribution in [2.45, 2.75) is 25.4 Å². The van der Waals surface area contributed by atoms with Crippen molar-refractivity contribution < 1.29 is 0 Å². The van der Waals surface area contributed by atoms with Crippen LogP contribution in [0.25, 0.3) is 0 Å². The fourth-order valence-corrected chi connectivity index (χ4v) is 2.48. The van der Waals surface area contributed by atoms with Crippen molar-refractivity contribution in [3.63, 3.8) is 0 Å². The maximum atomic E-state index is 4.17. The van der Waals surface area contributed by atoms with Gasteiger partial charge in [-0.3, -0.25) is 14.8 Å². The van der Waals surface area contributed by atoms with E-state index in [-0.39, 0.29) is 0 Å². The van der Waals surface area contributed by atoms with Crippen LogP contribution in [0.15, 0.2) is 24.5 Å². The second kappa shape index (κ2) is 4.52. The van der Waals surface area contributed by atoms with Gasteiger partial charge >= 0.3 is 0 Å². The Hall–Kier alpha value is -0.930. The van der Waals surface area contributed by atoms with Crippen molar-refractivity contribution in [3.05, 3.63) is 30.1 Å². The third-order valence-electron chi connectivity index (χ3n) is 3.60. The molecule has 86 valence electrons. The summed E-state index contributed by atoms with van der Waals surface area (Å²) in [7, 11) is 0. The maximum absolute atomic E-state index is 4.17. The van der Waals surface area contributed by atoms with Crippen molar-refractivity contribution in [3.8, 4) is 0 Å². The minimum absolute atomic E-state index is 0.931. The van der Waals surface area contributed by atoms with Crippen molar-refractivity contribution in [1.82, 2.24) is 14.8 Å². The first-order chi connectivity index (χ1) is 7.92. The van der Waals surface area contributed by atoms with Gasteiger partial charge in [0.15, 0.2) is 0 Å². The summed E-state index contributed by atoms with van der Waals surface area (Å²) in [4.78, 5) is 9.36. The topological polar surface area (TPSA) is 19.4 Å². The lowest BCUT2D eigenvalue weighted by atomic mass is 10.2. The number of hydrogen-bond donors (Lipinski definition) is 0. The zero-order valence-electron chi connectivity index (χ0n) is 9.68. The van der Waals surface area contributed by atoms with E-state index in [1.165, 1.54) is 44.6 Å². The summed E-state index contributed by atoms with van der Waals surface area (Å²) < 4.78 is 0. The SMILES string of the molecule is c1cncc(CN2CCN(C3CC3)CC2)c1. The van der Waals surface area contributed by atoms with E-state index in [1.54, 1.807) is 0 Å². The standard InChI is InChI=1S/C13H19N3/c1-2-12(10-14-5-1)11-15-6-8-16(9-7-15)13-3-4-13/h1-2,5,10,13H,3-4,6-9,11H2. The molecule has 3 rings (SSSR count). The molecule has 0 amide bonds. The monoisotopic (exact) mass is 217 g/mol. The van der Waals surface area contributed by atoms with E-state index in [0.717, 1.165) is 12.6 Å². The molecule has 1 aromatic rings. The predicted molar refractivity (Wildman–Crippen MR) is 64.1 cm³/mol. The van der Waals surface area contributed by atoms with Crippen LogP contribution in [0, 0.1) is 0 Å². The molecule has 0 aromatic carbocycles. The van der Waals surface area contributed by atoms with E-state index >= 15 is 0 Å². The molecule has 2 aliphatic rings. The molecule has 1 aliphatic carbocycles. The van der Waals surface area contributed by atoms with Gasteiger partial charge in [-0.1, -0.05) is 6.07 Å². The van der Waals surface area contributed by atoms with Gasteiger partial charge < -0.3 is 0 Å². The first-order valence-electron chi connectivity index (χ1n) is 6.27. The van der Waals surface area contributed by atoms with Gasteiger partial charge in [0.1, 0.15) is 0 Å². The average Bonchev–Trinajstić information content (AvgIpc) is 3.15. The summed E-state index contributed by atoms with van der Waals surface area (Å²) in [6.45, 7) is 6.00. The number of pyridine rings is 1. The summed E-state index contributed by atoms with van der Waals surface area (Å²) in [5.41, 5.74) is 1.34. The molecule has 3 nitrogen and oxygen atoms in total. The maximum Gasteiger partial charge on any atom is 0.0312 e. The Balaban J connectivity index is 1.50. The van der Waals surface area contributed by atoms with E-state index < -0.39 is 0 Å². The van der Waals surface area contributed by atoms with Crippen LogP contribution in [-0.2, 0) is 6.54 Å². The van der Waals surface area contributed by atoms with Crippen molar-refractivity contribution in [1.29, 1.82) is 0 Å². The smallest absolute Gasteiger partial charge is 0.0312 e. The Morgan fingerprint density at radius 2 is 2.00 bits per heavy atom. The van der Waals surface area contributed by atoms with Crippen LogP contribution in [0.4, 0.5) is 0 Å². The number of aromatic nitrogens is 1. The second-order valence-electron chi connectivity index (χ2n) is 4.90. The molecule has 1 aliphatic heterocycles. The highest BCUT2D eigenvalue weighted by molar-refractivity contribution is 5.08. The molecule has 0 atom stereocenters. The van der Waals surface area contributed by atoms with E-state index in [0.29, 0.717) is 0 Å². The van der Waals surface area contributed by atoms with Gasteiger partial charge in [-0.2, -0.15) is 0 Å². The van der Waals surface area contributed by atoms with Crippen LogP contribution in [0.2, 0.25) is 0 Å². The molecule has 16 heavy (non-hydrogen) atoms. The Kier molecular flexibility index (Phi) is 2.89. The van der Waals surface area contributed by atoms with Crippen molar-refractivity contribution in [2.75, 3.05) is 26.2 Å². The van der Waals surface area contributed by atoms with Crippen molar-refractivity contribution in [2.24, 2.45) is 0 Å². The average molecular weight is 217 g/mol. The molecule has 3 heteroatoms. The predicted octanol–water partition coefficient (Wildman–Crippen LogP) is 1.36. The summed E-state index contributed by atoms with van der Waals surface area (Å²) in [5.74, 6) is 0. The molecule has 0 bridgehead atoms. The zero-order chi connectivity index (χ0) is 10.8. The van der Waals surface area contributed by atoms with Crippen LogP contribution >= 0.6 is 0 Å². The zero-order valence-corrected chi connectivity index (χ0v) is 9.68. The molecule has 2 heterocycles. The molecular weight excluding hydrogens is 198 g/mol. The normalized spacial score (nSPS) is 23.5. The Morgan fingerprint density at radius 3 is 2.62 bits per heavy atom. The number of piperazine rings is 1. The number of hydrogen-bond acceptors (Lipinski definition) is 3. The molecule has 0 N–H and O–H groups in total. The first kappa shape index (κ1) is 10.2. The van der Waals surface area contributed by atoms with Gasteiger partial charge in [0.25, 0.3) is 0 Å². The van der Waals surface area contributed by atoms with Crippen molar-refractivity contribution >= 4 is 0 Å². The lowest BCUT2D eigenvalue weighted by Crippen LogP contribution is -2.46. The highest BCUT2D eigenvalue weighted by Gasteiger charge is 2.30. The quantitative estimate of drug-likeness (QED) is 0.762. The van der Waals surface area contributed by atoms with Gasteiger partial charge in [-0.15, -0.1) is 0 Å². The highest BCUT2D eigenvalue weighted by Crippen LogP contribution is 2.27. The summed E-state index contributed by atoms with van der Waals surface area (Å²) in [6, 6.07) is 5.12. The Bertz CT molecular complexity index is 326. The van der Waals surface area contributed by atoms with Gasteiger partial charge in [0.05, 0.1) is 0 Å². The van der Waals surface area contributed by atoms with Crippen LogP contribution < -0.4 is 0 Å². The molecule has 1 aromatic heterocycles. The third kappa shape index (κ3) is 2.42. The van der Waals surface area contributed by atoms with Crippen LogP contribution in [0.1, 0.15) is 18.4 Å². The Morgan fingerprint density at radius 1 is 1.19 bits per heavy atom. The lowest BCUT2D eigenvalue weighted by Gasteiger charge is -2.34. The number of rotatable bonds is 3. The molecule has 1 saturated heterocycles. The van der Waals surface area contributed by atoms with E-state index in [9.17, 15) is 0 Å². The molecule has 0 radical (unpaired) electrons. The summed E-state index contributed by atoms with van der Waals surface area (Å²) >= 11 is 0. The van der Waals surface area contributed by atoms with Gasteiger partial charge in [0.2, 0.25) is 0 Å². The minimum Gasteiger partial charge on any atom is -0.298 e. The third-order valence-corrected chi connectivity index (χ3v) is 3.60. The largest absolute Gasteiger partial charge is 0.298 e. The summed E-state index contributed by atoms with van der Waals surface area (Å²) in [6.07, 6.45) is 6.69.